The molecule has 1 N–H and O–H groups in total. The molecule has 0 fully saturated rings. The number of nitrogens with zero attached hydrogens (tertiary/aromatic N) is 1. The van der Waals surface area contributed by atoms with Crippen molar-refractivity contribution < 1.29 is 22.7 Å². The predicted octanol–water partition coefficient (Wildman–Crippen LogP) is 3.86. The minimum atomic E-state index is -3.97. The zero-order valence-corrected chi connectivity index (χ0v) is 17.6. The lowest BCUT2D eigenvalue weighted by Crippen LogP contribution is -2.31. The summed E-state index contributed by atoms with van der Waals surface area (Å²) in [5.41, 5.74) is 0.780. The number of esters is 1. The van der Waals surface area contributed by atoms with Gasteiger partial charge in [-0.3, -0.25) is 9.10 Å². The molecule has 0 spiro atoms. The second kappa shape index (κ2) is 9.58. The van der Waals surface area contributed by atoms with E-state index in [4.69, 9.17) is 16.3 Å². The van der Waals surface area contributed by atoms with Crippen LogP contribution in [0.1, 0.15) is 24.2 Å². The maximum Gasteiger partial charge on any atom is 0.339 e. The van der Waals surface area contributed by atoms with E-state index in [1.54, 1.807) is 6.92 Å². The van der Waals surface area contributed by atoms with Crippen LogP contribution in [0.4, 0.5) is 11.4 Å². The fourth-order valence-electron chi connectivity index (χ4n) is 2.53. The van der Waals surface area contributed by atoms with Gasteiger partial charge in [0.2, 0.25) is 5.91 Å². The van der Waals surface area contributed by atoms with Gasteiger partial charge < -0.3 is 10.1 Å². The summed E-state index contributed by atoms with van der Waals surface area (Å²) in [7, 11) is -3.97. The van der Waals surface area contributed by atoms with E-state index >= 15 is 0 Å². The number of nitrogens with one attached hydrogen (secondary N) is 1. The summed E-state index contributed by atoms with van der Waals surface area (Å²) in [6.07, 6.45) is 1.43. The largest absolute Gasteiger partial charge is 0.462 e. The molecule has 154 valence electrons. The Kier molecular flexibility index (Phi) is 7.41. The number of benzene rings is 2. The van der Waals surface area contributed by atoms with Gasteiger partial charge in [0.15, 0.2) is 0 Å². The van der Waals surface area contributed by atoms with Crippen LogP contribution in [0, 0.1) is 0 Å². The van der Waals surface area contributed by atoms with Crippen LogP contribution in [0.2, 0.25) is 5.02 Å². The van der Waals surface area contributed by atoms with E-state index < -0.39 is 16.0 Å². The number of sulfonamides is 1. The van der Waals surface area contributed by atoms with Crippen LogP contribution in [0.15, 0.2) is 60.0 Å². The van der Waals surface area contributed by atoms with Crippen LogP contribution < -0.4 is 9.62 Å². The molecule has 9 heteroatoms. The Morgan fingerprint density at radius 1 is 1.21 bits per heavy atom. The highest BCUT2D eigenvalue weighted by Crippen LogP contribution is 2.29. The van der Waals surface area contributed by atoms with Crippen LogP contribution in [0.3, 0.4) is 0 Å². The normalized spacial score (nSPS) is 10.9. The number of carbonyl (C=O) groups excluding carboxylic acids is 2. The van der Waals surface area contributed by atoms with E-state index in [-0.39, 0.29) is 40.2 Å². The van der Waals surface area contributed by atoms with E-state index in [0.29, 0.717) is 5.69 Å². The number of ether oxygens (including phenoxy) is 1. The minimum Gasteiger partial charge on any atom is -0.462 e. The van der Waals surface area contributed by atoms with Gasteiger partial charge in [-0.1, -0.05) is 17.7 Å². The third-order valence-corrected chi connectivity index (χ3v) is 5.93. The Morgan fingerprint density at radius 3 is 2.41 bits per heavy atom. The molecule has 0 bridgehead atoms. The maximum atomic E-state index is 13.2. The van der Waals surface area contributed by atoms with Crippen LogP contribution in [-0.4, -0.2) is 33.4 Å². The number of anilines is 2. The van der Waals surface area contributed by atoms with Gasteiger partial charge in [-0.05, 0) is 49.4 Å². The summed E-state index contributed by atoms with van der Waals surface area (Å²) in [4.78, 5) is 23.3. The number of hydrogen-bond acceptors (Lipinski definition) is 5. The number of carbonyl (C=O) groups is 2. The van der Waals surface area contributed by atoms with Gasteiger partial charge in [0.1, 0.15) is 0 Å². The maximum absolute atomic E-state index is 13.2. The van der Waals surface area contributed by atoms with Crippen molar-refractivity contribution in [3.63, 3.8) is 0 Å². The van der Waals surface area contributed by atoms with Gasteiger partial charge in [0, 0.05) is 12.6 Å². The van der Waals surface area contributed by atoms with Crippen molar-refractivity contribution >= 4 is 44.9 Å². The Balaban J connectivity index is 2.47. The van der Waals surface area contributed by atoms with Gasteiger partial charge in [-0.15, -0.1) is 6.58 Å². The number of hydrogen-bond donors (Lipinski definition) is 1. The van der Waals surface area contributed by atoms with Gasteiger partial charge in [0.25, 0.3) is 10.0 Å². The van der Waals surface area contributed by atoms with Gasteiger partial charge >= 0.3 is 5.97 Å². The first-order valence-electron chi connectivity index (χ1n) is 8.68. The van der Waals surface area contributed by atoms with E-state index in [1.807, 2.05) is 0 Å². The fraction of sp³-hybridized carbons (Fsp3) is 0.200. The molecule has 0 aliphatic carbocycles. The molecule has 29 heavy (non-hydrogen) atoms. The summed E-state index contributed by atoms with van der Waals surface area (Å²) in [5.74, 6) is -0.906. The quantitative estimate of drug-likeness (QED) is 0.501. The number of rotatable bonds is 8. The predicted molar refractivity (Wildman–Crippen MR) is 113 cm³/mol. The first-order chi connectivity index (χ1) is 13.7. The van der Waals surface area contributed by atoms with Crippen LogP contribution in [-0.2, 0) is 19.6 Å². The van der Waals surface area contributed by atoms with Crippen molar-refractivity contribution in [2.45, 2.75) is 18.7 Å². The summed E-state index contributed by atoms with van der Waals surface area (Å²) >= 11 is 6.08. The number of halogens is 1. The molecule has 2 aromatic rings. The Hall–Kier alpha value is -2.84. The summed E-state index contributed by atoms with van der Waals surface area (Å²) in [6.45, 7) is 6.77. The molecule has 0 saturated carbocycles. The molecule has 0 aliphatic rings. The Labute approximate surface area is 175 Å². The van der Waals surface area contributed by atoms with Gasteiger partial charge in [-0.2, -0.15) is 0 Å². The molecule has 2 aromatic carbocycles. The standard InChI is InChI=1S/C20H21ClN2O5S/c1-4-12-23(16-8-11-19(21)18(13-16)20(25)28-5-2)29(26,27)17-9-6-15(7-10-17)22-14(3)24/h4,6-11,13H,1,5,12H2,2-3H3,(H,22,24). The second-order valence-corrected chi connectivity index (χ2v) is 8.18. The van der Waals surface area contributed by atoms with Crippen LogP contribution in [0.5, 0.6) is 0 Å². The molecule has 0 aromatic heterocycles. The van der Waals surface area contributed by atoms with E-state index in [9.17, 15) is 18.0 Å². The van der Waals surface area contributed by atoms with Gasteiger partial charge in [-0.25, -0.2) is 13.2 Å². The Bertz CT molecular complexity index is 1020. The van der Waals surface area contributed by atoms with Crippen molar-refractivity contribution in [2.24, 2.45) is 0 Å². The lowest BCUT2D eigenvalue weighted by molar-refractivity contribution is -0.114. The molecule has 0 saturated heterocycles. The van der Waals surface area contributed by atoms with Crippen molar-refractivity contribution in [1.82, 2.24) is 0 Å². The Morgan fingerprint density at radius 2 is 1.86 bits per heavy atom. The molecule has 7 nitrogen and oxygen atoms in total. The highest BCUT2D eigenvalue weighted by Gasteiger charge is 2.25. The number of amides is 1. The third kappa shape index (κ3) is 5.36. The average Bonchev–Trinajstić information content (AvgIpc) is 2.66. The molecule has 0 radical (unpaired) electrons. The van der Waals surface area contributed by atoms with Crippen LogP contribution >= 0.6 is 11.6 Å². The molecule has 0 unspecified atom stereocenters. The monoisotopic (exact) mass is 436 g/mol. The van der Waals surface area contributed by atoms with Crippen molar-refractivity contribution in [3.05, 3.63) is 65.7 Å². The summed E-state index contributed by atoms with van der Waals surface area (Å²) in [5, 5.41) is 2.73. The first kappa shape index (κ1) is 22.4. The highest BCUT2D eigenvalue weighted by molar-refractivity contribution is 7.92. The zero-order valence-electron chi connectivity index (χ0n) is 16.0. The minimum absolute atomic E-state index is 0.0149. The zero-order chi connectivity index (χ0) is 21.6. The van der Waals surface area contributed by atoms with E-state index in [2.05, 4.69) is 11.9 Å². The smallest absolute Gasteiger partial charge is 0.339 e. The third-order valence-electron chi connectivity index (χ3n) is 3.79. The lowest BCUT2D eigenvalue weighted by Gasteiger charge is -2.24. The topological polar surface area (TPSA) is 92.8 Å². The molecule has 0 atom stereocenters. The lowest BCUT2D eigenvalue weighted by atomic mass is 10.2. The van der Waals surface area contributed by atoms with Gasteiger partial charge in [0.05, 0.1) is 34.3 Å². The molecule has 0 heterocycles. The van der Waals surface area contributed by atoms with E-state index in [0.717, 1.165) is 4.31 Å². The molecule has 2 rings (SSSR count). The van der Waals surface area contributed by atoms with Crippen molar-refractivity contribution in [2.75, 3.05) is 22.8 Å². The van der Waals surface area contributed by atoms with Crippen molar-refractivity contribution in [1.29, 1.82) is 0 Å². The SMILES string of the molecule is C=CCN(c1ccc(Cl)c(C(=O)OCC)c1)S(=O)(=O)c1ccc(NC(C)=O)cc1. The average molecular weight is 437 g/mol. The second-order valence-electron chi connectivity index (χ2n) is 5.91. The highest BCUT2D eigenvalue weighted by atomic mass is 35.5. The van der Waals surface area contributed by atoms with Crippen LogP contribution in [0.25, 0.3) is 0 Å². The molecular weight excluding hydrogens is 416 g/mol. The fourth-order valence-corrected chi connectivity index (χ4v) is 4.16. The first-order valence-corrected chi connectivity index (χ1v) is 10.5. The van der Waals surface area contributed by atoms with Crippen molar-refractivity contribution in [3.8, 4) is 0 Å². The summed E-state index contributed by atoms with van der Waals surface area (Å²) < 4.78 is 32.5. The molecule has 1 amide bonds. The molecular formula is C20H21ClN2O5S. The van der Waals surface area contributed by atoms with E-state index in [1.165, 1.54) is 55.5 Å². The molecule has 0 aliphatic heterocycles. The summed E-state index contributed by atoms with van der Waals surface area (Å²) in [6, 6.07) is 10.1.